The van der Waals surface area contributed by atoms with Crippen molar-refractivity contribution in [3.8, 4) is 0 Å². The predicted octanol–water partition coefficient (Wildman–Crippen LogP) is 0.648. The Balaban J connectivity index is 2.16. The summed E-state index contributed by atoms with van der Waals surface area (Å²) < 4.78 is 9.30. The molecule has 0 aromatic carbocycles. The van der Waals surface area contributed by atoms with Gasteiger partial charge in [-0.15, -0.1) is 0 Å². The molecule has 0 saturated heterocycles. The van der Waals surface area contributed by atoms with E-state index in [1.54, 1.807) is 0 Å². The van der Waals surface area contributed by atoms with E-state index in [-0.39, 0.29) is 5.97 Å². The second-order valence-electron chi connectivity index (χ2n) is 3.42. The topological polar surface area (TPSA) is 74.2 Å². The summed E-state index contributed by atoms with van der Waals surface area (Å²) in [6.07, 6.45) is 1.16. The Labute approximate surface area is 93.5 Å². The fourth-order valence-corrected chi connectivity index (χ4v) is 1.32. The highest BCUT2D eigenvalue weighted by Crippen LogP contribution is 2.14. The molecule has 0 aromatic rings. The lowest BCUT2D eigenvalue weighted by Gasteiger charge is -2.04. The number of hydrogen-bond donors (Lipinski definition) is 0. The van der Waals surface area contributed by atoms with Crippen molar-refractivity contribution in [1.82, 2.24) is 0 Å². The second kappa shape index (κ2) is 6.09. The van der Waals surface area contributed by atoms with Crippen molar-refractivity contribution in [2.24, 2.45) is 5.16 Å². The zero-order valence-electron chi connectivity index (χ0n) is 9.39. The second-order valence-corrected chi connectivity index (χ2v) is 3.42. The summed E-state index contributed by atoms with van der Waals surface area (Å²) in [5.41, 5.74) is 0.794. The van der Waals surface area contributed by atoms with E-state index in [0.29, 0.717) is 25.9 Å². The minimum Gasteiger partial charge on any atom is -0.466 e. The largest absolute Gasteiger partial charge is 0.466 e. The Morgan fingerprint density at radius 2 is 2.31 bits per heavy atom. The molecule has 0 spiro atoms. The van der Waals surface area contributed by atoms with Crippen molar-refractivity contribution < 1.29 is 23.9 Å². The Morgan fingerprint density at radius 1 is 1.56 bits per heavy atom. The molecular formula is C10H15NO5. The third kappa shape index (κ3) is 3.88. The van der Waals surface area contributed by atoms with Crippen LogP contribution in [-0.4, -0.2) is 37.5 Å². The standard InChI is InChI=1S/C10H15NO5/c1-7(12)15-5-3-4-8-6-9(16-11-8)10(13)14-2/h9H,3-6H2,1-2H3. The molecule has 0 bridgehead atoms. The van der Waals surface area contributed by atoms with Crippen LogP contribution in [0.15, 0.2) is 5.16 Å². The monoisotopic (exact) mass is 229 g/mol. The Morgan fingerprint density at radius 3 is 2.94 bits per heavy atom. The minimum absolute atomic E-state index is 0.294. The first-order valence-corrected chi connectivity index (χ1v) is 5.06. The summed E-state index contributed by atoms with van der Waals surface area (Å²) in [6.45, 7) is 1.72. The van der Waals surface area contributed by atoms with Crippen molar-refractivity contribution in [3.63, 3.8) is 0 Å². The molecule has 0 N–H and O–H groups in total. The first kappa shape index (κ1) is 12.5. The summed E-state index contributed by atoms with van der Waals surface area (Å²) in [5, 5.41) is 3.78. The molecule has 90 valence electrons. The number of esters is 2. The Bertz CT molecular complexity index is 300. The number of methoxy groups -OCH3 is 1. The molecule has 0 radical (unpaired) electrons. The van der Waals surface area contributed by atoms with Gasteiger partial charge in [-0.25, -0.2) is 4.79 Å². The minimum atomic E-state index is -0.617. The van der Waals surface area contributed by atoms with Gasteiger partial charge in [-0.2, -0.15) is 0 Å². The fraction of sp³-hybridized carbons (Fsp3) is 0.700. The van der Waals surface area contributed by atoms with Crippen LogP contribution in [0.2, 0.25) is 0 Å². The third-order valence-corrected chi connectivity index (χ3v) is 2.11. The summed E-state index contributed by atoms with van der Waals surface area (Å²) >= 11 is 0. The van der Waals surface area contributed by atoms with Crippen molar-refractivity contribution >= 4 is 17.7 Å². The molecule has 6 nitrogen and oxygen atoms in total. The number of carbonyl (C=O) groups is 2. The molecule has 0 saturated carbocycles. The van der Waals surface area contributed by atoms with Crippen LogP contribution in [-0.2, 0) is 23.9 Å². The predicted molar refractivity (Wildman–Crippen MR) is 54.8 cm³/mol. The van der Waals surface area contributed by atoms with Gasteiger partial charge in [0.2, 0.25) is 6.10 Å². The molecule has 1 unspecified atom stereocenters. The van der Waals surface area contributed by atoms with E-state index in [4.69, 9.17) is 9.57 Å². The molecule has 0 aliphatic carbocycles. The number of oxime groups is 1. The molecule has 1 heterocycles. The first-order valence-electron chi connectivity index (χ1n) is 5.06. The van der Waals surface area contributed by atoms with E-state index in [1.165, 1.54) is 14.0 Å². The lowest BCUT2D eigenvalue weighted by Crippen LogP contribution is -2.22. The van der Waals surface area contributed by atoms with E-state index >= 15 is 0 Å². The lowest BCUT2D eigenvalue weighted by atomic mass is 10.1. The number of ether oxygens (including phenoxy) is 2. The molecule has 1 atom stereocenters. The van der Waals surface area contributed by atoms with Gasteiger partial charge in [0.25, 0.3) is 0 Å². The van der Waals surface area contributed by atoms with Gasteiger partial charge in [-0.05, 0) is 12.8 Å². The van der Waals surface area contributed by atoms with Gasteiger partial charge in [0.05, 0.1) is 19.4 Å². The van der Waals surface area contributed by atoms with E-state index in [0.717, 1.165) is 5.71 Å². The Hall–Kier alpha value is -1.59. The van der Waals surface area contributed by atoms with Crippen molar-refractivity contribution in [1.29, 1.82) is 0 Å². The van der Waals surface area contributed by atoms with Gasteiger partial charge in [-0.3, -0.25) is 4.79 Å². The van der Waals surface area contributed by atoms with Gasteiger partial charge in [-0.1, -0.05) is 5.16 Å². The molecule has 1 aliphatic heterocycles. The average molecular weight is 229 g/mol. The SMILES string of the molecule is COC(=O)C1CC(CCCOC(C)=O)=NO1. The summed E-state index contributed by atoms with van der Waals surface area (Å²) in [4.78, 5) is 26.5. The number of rotatable bonds is 5. The molecule has 0 fully saturated rings. The molecule has 0 aromatic heterocycles. The van der Waals surface area contributed by atoms with Crippen LogP contribution in [0, 0.1) is 0 Å². The van der Waals surface area contributed by atoms with Crippen LogP contribution in [0.25, 0.3) is 0 Å². The molecule has 0 amide bonds. The number of nitrogens with zero attached hydrogens (tertiary/aromatic N) is 1. The third-order valence-electron chi connectivity index (χ3n) is 2.11. The van der Waals surface area contributed by atoms with Gasteiger partial charge >= 0.3 is 11.9 Å². The quantitative estimate of drug-likeness (QED) is 0.511. The smallest absolute Gasteiger partial charge is 0.350 e. The Kier molecular flexibility index (Phi) is 4.75. The average Bonchev–Trinajstić information content (AvgIpc) is 2.71. The van der Waals surface area contributed by atoms with Crippen LogP contribution >= 0.6 is 0 Å². The van der Waals surface area contributed by atoms with Crippen LogP contribution in [0.3, 0.4) is 0 Å². The van der Waals surface area contributed by atoms with E-state index < -0.39 is 12.1 Å². The maximum atomic E-state index is 11.1. The zero-order chi connectivity index (χ0) is 12.0. The van der Waals surface area contributed by atoms with Gasteiger partial charge in [0.15, 0.2) is 0 Å². The van der Waals surface area contributed by atoms with E-state index in [9.17, 15) is 9.59 Å². The lowest BCUT2D eigenvalue weighted by molar-refractivity contribution is -0.152. The zero-order valence-corrected chi connectivity index (χ0v) is 9.39. The highest BCUT2D eigenvalue weighted by atomic mass is 16.7. The molecular weight excluding hydrogens is 214 g/mol. The maximum Gasteiger partial charge on any atom is 0.350 e. The fourth-order valence-electron chi connectivity index (χ4n) is 1.32. The highest BCUT2D eigenvalue weighted by Gasteiger charge is 2.28. The summed E-state index contributed by atoms with van der Waals surface area (Å²) in [5.74, 6) is -0.712. The highest BCUT2D eigenvalue weighted by molar-refractivity contribution is 5.91. The van der Waals surface area contributed by atoms with Crippen LogP contribution in [0.1, 0.15) is 26.2 Å². The molecule has 6 heteroatoms. The molecule has 1 rings (SSSR count). The molecule has 16 heavy (non-hydrogen) atoms. The maximum absolute atomic E-state index is 11.1. The summed E-state index contributed by atoms with van der Waals surface area (Å²) in [7, 11) is 1.31. The van der Waals surface area contributed by atoms with E-state index in [2.05, 4.69) is 9.89 Å². The number of carbonyl (C=O) groups excluding carboxylic acids is 2. The van der Waals surface area contributed by atoms with Crippen molar-refractivity contribution in [2.45, 2.75) is 32.3 Å². The molecule has 1 aliphatic rings. The normalized spacial score (nSPS) is 18.6. The van der Waals surface area contributed by atoms with Crippen LogP contribution in [0.4, 0.5) is 0 Å². The van der Waals surface area contributed by atoms with Crippen LogP contribution < -0.4 is 0 Å². The van der Waals surface area contributed by atoms with Crippen LogP contribution in [0.5, 0.6) is 0 Å². The van der Waals surface area contributed by atoms with Gasteiger partial charge in [0.1, 0.15) is 0 Å². The van der Waals surface area contributed by atoms with Crippen molar-refractivity contribution in [3.05, 3.63) is 0 Å². The summed E-state index contributed by atoms with van der Waals surface area (Å²) in [6, 6.07) is 0. The van der Waals surface area contributed by atoms with E-state index in [1.807, 2.05) is 0 Å². The van der Waals surface area contributed by atoms with Crippen molar-refractivity contribution in [2.75, 3.05) is 13.7 Å². The van der Waals surface area contributed by atoms with Gasteiger partial charge < -0.3 is 14.3 Å². The van der Waals surface area contributed by atoms with Gasteiger partial charge in [0, 0.05) is 13.3 Å². The number of hydrogen-bond acceptors (Lipinski definition) is 6. The first-order chi connectivity index (χ1) is 7.63.